The standard InChI is InChI=1S/C34H39N7O11/c1-34(2,3)52-33(51)38-25(32(49)50)17-20(31(47)48)5-4-6-26(42)35-18-27(43)36-21-7-11-23(12-8-21)39-40-24-13-9-22(10-14-24)37-28(44)19-41-29(45)15-16-30(41)46/h7-16,20,25H,4-6,17-19H2,1-3H3,(H,35,42)(H,36,43)(H,37,44)(H,38,51)(H,47,48)(H,49,50)/b40-39+/t20?,25-/m0/s1. The maximum absolute atomic E-state index is 12.3. The van der Waals surface area contributed by atoms with Gasteiger partial charge in [-0.05, 0) is 88.6 Å². The zero-order chi connectivity index (χ0) is 38.4. The highest BCUT2D eigenvalue weighted by molar-refractivity contribution is 6.15. The van der Waals surface area contributed by atoms with E-state index in [1.54, 1.807) is 69.3 Å². The van der Waals surface area contributed by atoms with Gasteiger partial charge in [0.25, 0.3) is 11.8 Å². The minimum Gasteiger partial charge on any atom is -0.481 e. The predicted octanol–water partition coefficient (Wildman–Crippen LogP) is 3.26. The number of alkyl carbamates (subject to hydrolysis) is 1. The first-order valence-electron chi connectivity index (χ1n) is 16.0. The molecule has 6 amide bonds. The smallest absolute Gasteiger partial charge is 0.408 e. The Bertz CT molecular complexity index is 1720. The molecule has 0 aliphatic carbocycles. The molecule has 1 aliphatic heterocycles. The lowest BCUT2D eigenvalue weighted by molar-refractivity contribution is -0.145. The Kier molecular flexibility index (Phi) is 14.2. The molecular formula is C34H39N7O11. The van der Waals surface area contributed by atoms with Crippen LogP contribution in [0.5, 0.6) is 0 Å². The Morgan fingerprint density at radius 3 is 1.77 bits per heavy atom. The van der Waals surface area contributed by atoms with E-state index in [0.717, 1.165) is 17.1 Å². The van der Waals surface area contributed by atoms with Crippen molar-refractivity contribution in [3.63, 3.8) is 0 Å². The number of amides is 6. The van der Waals surface area contributed by atoms with E-state index >= 15 is 0 Å². The van der Waals surface area contributed by atoms with Gasteiger partial charge in [0.1, 0.15) is 18.2 Å². The van der Waals surface area contributed by atoms with E-state index in [9.17, 15) is 48.6 Å². The number of benzene rings is 2. The first-order valence-corrected chi connectivity index (χ1v) is 16.0. The van der Waals surface area contributed by atoms with E-state index < -0.39 is 78.1 Å². The molecule has 6 N–H and O–H groups in total. The molecule has 1 unspecified atom stereocenters. The minimum atomic E-state index is -1.51. The van der Waals surface area contributed by atoms with Crippen LogP contribution in [-0.2, 0) is 38.3 Å². The SMILES string of the molecule is CC(C)(C)OC(=O)N[C@@H](CC(CCCC(=O)NCC(=O)Nc1ccc(/N=N/c2ccc(NC(=O)CN3C(=O)C=CC3=O)cc2)cc1)C(=O)O)C(=O)O. The lowest BCUT2D eigenvalue weighted by atomic mass is 9.94. The number of ether oxygens (including phenoxy) is 1. The summed E-state index contributed by atoms with van der Waals surface area (Å²) in [6.45, 7) is 4.01. The number of aliphatic carboxylic acids is 2. The Labute approximate surface area is 297 Å². The highest BCUT2D eigenvalue weighted by Crippen LogP contribution is 2.22. The van der Waals surface area contributed by atoms with Crippen molar-refractivity contribution in [2.45, 2.75) is 58.1 Å². The number of anilines is 2. The van der Waals surface area contributed by atoms with Crippen molar-refractivity contribution in [2.75, 3.05) is 23.7 Å². The number of nitrogens with zero attached hydrogens (tertiary/aromatic N) is 3. The predicted molar refractivity (Wildman–Crippen MR) is 184 cm³/mol. The molecule has 0 radical (unpaired) electrons. The topological polar surface area (TPSA) is 262 Å². The summed E-state index contributed by atoms with van der Waals surface area (Å²) >= 11 is 0. The zero-order valence-corrected chi connectivity index (χ0v) is 28.6. The number of hydrogen-bond donors (Lipinski definition) is 6. The molecule has 2 aromatic rings. The van der Waals surface area contributed by atoms with Crippen LogP contribution in [0.2, 0.25) is 0 Å². The second-order valence-electron chi connectivity index (χ2n) is 12.5. The van der Waals surface area contributed by atoms with Gasteiger partial charge in [-0.3, -0.25) is 33.7 Å². The van der Waals surface area contributed by atoms with Crippen LogP contribution in [0, 0.1) is 5.92 Å². The zero-order valence-electron chi connectivity index (χ0n) is 28.6. The van der Waals surface area contributed by atoms with Crippen LogP contribution in [0.15, 0.2) is 70.9 Å². The third-order valence-electron chi connectivity index (χ3n) is 7.05. The van der Waals surface area contributed by atoms with Gasteiger partial charge in [0, 0.05) is 29.9 Å². The number of carbonyl (C=O) groups is 8. The maximum atomic E-state index is 12.3. The van der Waals surface area contributed by atoms with Gasteiger partial charge in [-0.15, -0.1) is 0 Å². The fourth-order valence-electron chi connectivity index (χ4n) is 4.55. The van der Waals surface area contributed by atoms with Crippen LogP contribution in [0.1, 0.15) is 46.5 Å². The highest BCUT2D eigenvalue weighted by Gasteiger charge is 2.30. The van der Waals surface area contributed by atoms with Crippen LogP contribution in [0.3, 0.4) is 0 Å². The summed E-state index contributed by atoms with van der Waals surface area (Å²) in [5.41, 5.74) is 0.901. The van der Waals surface area contributed by atoms with Crippen LogP contribution < -0.4 is 21.3 Å². The third-order valence-corrected chi connectivity index (χ3v) is 7.05. The lowest BCUT2D eigenvalue weighted by Gasteiger charge is -2.23. The molecule has 1 aliphatic rings. The molecule has 52 heavy (non-hydrogen) atoms. The molecule has 1 heterocycles. The summed E-state index contributed by atoms with van der Waals surface area (Å²) in [4.78, 5) is 96.1. The number of carbonyl (C=O) groups excluding carboxylic acids is 6. The van der Waals surface area contributed by atoms with E-state index in [2.05, 4.69) is 31.5 Å². The van der Waals surface area contributed by atoms with Crippen molar-refractivity contribution in [1.82, 2.24) is 15.5 Å². The van der Waals surface area contributed by atoms with Gasteiger partial charge in [0.05, 0.1) is 23.8 Å². The Hall–Kier alpha value is -6.46. The van der Waals surface area contributed by atoms with Crippen molar-refractivity contribution < 1.29 is 53.3 Å². The summed E-state index contributed by atoms with van der Waals surface area (Å²) in [6.07, 6.45) is 0.692. The lowest BCUT2D eigenvalue weighted by Crippen LogP contribution is -2.45. The van der Waals surface area contributed by atoms with E-state index in [-0.39, 0.29) is 25.8 Å². The number of carboxylic acids is 2. The number of carboxylic acid groups (broad SMARTS) is 2. The van der Waals surface area contributed by atoms with Gasteiger partial charge in [-0.25, -0.2) is 9.59 Å². The first kappa shape index (κ1) is 40.0. The van der Waals surface area contributed by atoms with Gasteiger partial charge in [0.15, 0.2) is 0 Å². The highest BCUT2D eigenvalue weighted by atomic mass is 16.6. The summed E-state index contributed by atoms with van der Waals surface area (Å²) in [5.74, 6) is -6.57. The average molecular weight is 722 g/mol. The number of nitrogens with one attached hydrogen (secondary N) is 4. The first-order chi connectivity index (χ1) is 24.5. The molecule has 0 aromatic heterocycles. The normalized spacial score (nSPS) is 13.7. The molecule has 0 bridgehead atoms. The molecule has 276 valence electrons. The second-order valence-corrected chi connectivity index (χ2v) is 12.5. The molecule has 0 saturated heterocycles. The van der Waals surface area contributed by atoms with Gasteiger partial charge >= 0.3 is 18.0 Å². The van der Waals surface area contributed by atoms with Crippen LogP contribution in [0.4, 0.5) is 27.5 Å². The minimum absolute atomic E-state index is 0.0483. The molecular weight excluding hydrogens is 682 g/mol. The maximum Gasteiger partial charge on any atom is 0.408 e. The quantitative estimate of drug-likeness (QED) is 0.102. The molecule has 3 rings (SSSR count). The number of imide groups is 1. The van der Waals surface area contributed by atoms with Gasteiger partial charge in [-0.1, -0.05) is 0 Å². The van der Waals surface area contributed by atoms with E-state index in [4.69, 9.17) is 4.74 Å². The van der Waals surface area contributed by atoms with E-state index in [0.29, 0.717) is 22.7 Å². The van der Waals surface area contributed by atoms with Crippen molar-refractivity contribution in [3.05, 3.63) is 60.7 Å². The van der Waals surface area contributed by atoms with E-state index in [1.165, 1.54) is 0 Å². The second kappa shape index (κ2) is 18.5. The Morgan fingerprint density at radius 2 is 1.29 bits per heavy atom. The fraction of sp³-hybridized carbons (Fsp3) is 0.353. The molecule has 18 heteroatoms. The number of rotatable bonds is 17. The summed E-state index contributed by atoms with van der Waals surface area (Å²) in [7, 11) is 0. The monoisotopic (exact) mass is 721 g/mol. The molecule has 18 nitrogen and oxygen atoms in total. The summed E-state index contributed by atoms with van der Waals surface area (Å²) in [6, 6.07) is 11.2. The van der Waals surface area contributed by atoms with Crippen molar-refractivity contribution >= 4 is 70.3 Å². The van der Waals surface area contributed by atoms with Crippen molar-refractivity contribution in [3.8, 4) is 0 Å². The number of hydrogen-bond acceptors (Lipinski definition) is 11. The van der Waals surface area contributed by atoms with Gasteiger partial charge in [-0.2, -0.15) is 10.2 Å². The third kappa shape index (κ3) is 13.8. The summed E-state index contributed by atoms with van der Waals surface area (Å²) < 4.78 is 5.04. The molecule has 2 atom stereocenters. The Morgan fingerprint density at radius 1 is 0.769 bits per heavy atom. The fourth-order valence-corrected chi connectivity index (χ4v) is 4.55. The van der Waals surface area contributed by atoms with Crippen LogP contribution in [-0.4, -0.2) is 87.4 Å². The van der Waals surface area contributed by atoms with Crippen LogP contribution >= 0.6 is 0 Å². The summed E-state index contributed by atoms with van der Waals surface area (Å²) in [5, 5.41) is 37.0. The Balaban J connectivity index is 1.38. The van der Waals surface area contributed by atoms with Crippen molar-refractivity contribution in [2.24, 2.45) is 16.1 Å². The molecule has 0 saturated carbocycles. The van der Waals surface area contributed by atoms with Gasteiger partial charge in [0.2, 0.25) is 17.7 Å². The molecule has 0 spiro atoms. The van der Waals surface area contributed by atoms with Gasteiger partial charge < -0.3 is 36.2 Å². The largest absolute Gasteiger partial charge is 0.481 e. The van der Waals surface area contributed by atoms with Crippen LogP contribution in [0.25, 0.3) is 0 Å². The van der Waals surface area contributed by atoms with E-state index in [1.807, 2.05) is 0 Å². The number of azo groups is 1. The average Bonchev–Trinajstić information content (AvgIpc) is 3.37. The van der Waals surface area contributed by atoms with Crippen molar-refractivity contribution in [1.29, 1.82) is 0 Å². The molecule has 2 aromatic carbocycles. The molecule has 0 fully saturated rings.